The van der Waals surface area contributed by atoms with Crippen LogP contribution in [-0.2, 0) is 4.79 Å². The van der Waals surface area contributed by atoms with Crippen molar-refractivity contribution in [3.63, 3.8) is 0 Å². The lowest BCUT2D eigenvalue weighted by molar-refractivity contribution is -0.135. The highest BCUT2D eigenvalue weighted by Gasteiger charge is 2.20. The number of carbonyl (C=O) groups excluding carboxylic acids is 1. The van der Waals surface area contributed by atoms with Crippen LogP contribution in [0.2, 0.25) is 0 Å². The molecule has 3 N–H and O–H groups in total. The summed E-state index contributed by atoms with van der Waals surface area (Å²) in [6, 6.07) is 1.52. The third kappa shape index (κ3) is 2.63. The lowest BCUT2D eigenvalue weighted by Gasteiger charge is -2.09. The number of nitrogens with one attached hydrogen (secondary N) is 1. The number of fused-ring (bicyclic) bond motifs is 1. The Morgan fingerprint density at radius 2 is 2.00 bits per heavy atom. The predicted octanol–water partition coefficient (Wildman–Crippen LogP) is 0.912. The number of phenolic OH excluding ortho intramolecular Hbond substituents is 1. The van der Waals surface area contributed by atoms with Crippen molar-refractivity contribution in [3.8, 4) is 5.75 Å². The minimum Gasteiger partial charge on any atom is -0.506 e. The first-order valence-corrected chi connectivity index (χ1v) is 5.92. The smallest absolute Gasteiger partial charge is 0.322 e. The lowest BCUT2D eigenvalue weighted by Crippen LogP contribution is -2.29. The van der Waals surface area contributed by atoms with Crippen molar-refractivity contribution < 1.29 is 19.8 Å². The maximum atomic E-state index is 11.9. The van der Waals surface area contributed by atoms with E-state index in [9.17, 15) is 14.7 Å². The van der Waals surface area contributed by atoms with Crippen molar-refractivity contribution >= 4 is 38.8 Å². The lowest BCUT2D eigenvalue weighted by atomic mass is 10.1. The highest BCUT2D eigenvalue weighted by molar-refractivity contribution is 9.10. The molecular formula is C11H8BrN3O4. The van der Waals surface area contributed by atoms with Crippen LogP contribution in [0.25, 0.3) is 11.0 Å². The Bertz CT molecular complexity index is 674. The molecule has 0 aliphatic rings. The number of aliphatic carboxylic acids is 1. The zero-order valence-electron chi connectivity index (χ0n) is 9.42. The van der Waals surface area contributed by atoms with Crippen LogP contribution in [-0.4, -0.2) is 38.6 Å². The number of carboxylic acid groups (broad SMARTS) is 1. The molecule has 0 radical (unpaired) electrons. The second-order valence-electron chi connectivity index (χ2n) is 3.58. The molecular weight excluding hydrogens is 318 g/mol. The normalized spacial score (nSPS) is 10.4. The summed E-state index contributed by atoms with van der Waals surface area (Å²) in [5, 5.41) is 20.6. The number of hydrogen-bond acceptors (Lipinski definition) is 5. The first-order chi connectivity index (χ1) is 9.00. The summed E-state index contributed by atoms with van der Waals surface area (Å²) in [7, 11) is 0. The Morgan fingerprint density at radius 3 is 2.68 bits per heavy atom. The summed E-state index contributed by atoms with van der Waals surface area (Å²) < 4.78 is 0.279. The van der Waals surface area contributed by atoms with Crippen LogP contribution >= 0.6 is 15.9 Å². The van der Waals surface area contributed by atoms with Crippen LogP contribution in [0.5, 0.6) is 5.75 Å². The number of carbonyl (C=O) groups is 2. The Hall–Kier alpha value is -2.22. The van der Waals surface area contributed by atoms with Crippen molar-refractivity contribution in [1.29, 1.82) is 0 Å². The van der Waals surface area contributed by atoms with E-state index in [4.69, 9.17) is 5.11 Å². The minimum atomic E-state index is -1.18. The number of carboxylic acids is 1. The standard InChI is InChI=1S/C11H8BrN3O4/c12-5-3-6-9(14-2-1-13-6)8(10(5)18)11(19)15-4-7(16)17/h1-3,18H,4H2,(H,15,19)(H,16,17). The average molecular weight is 326 g/mol. The number of phenols is 1. The van der Waals surface area contributed by atoms with E-state index in [0.717, 1.165) is 0 Å². The number of hydrogen-bond donors (Lipinski definition) is 3. The molecule has 1 aromatic carbocycles. The first-order valence-electron chi connectivity index (χ1n) is 5.13. The number of aromatic nitrogens is 2. The van der Waals surface area contributed by atoms with E-state index in [1.807, 2.05) is 0 Å². The topological polar surface area (TPSA) is 112 Å². The maximum absolute atomic E-state index is 11.9. The average Bonchev–Trinajstić information content (AvgIpc) is 2.37. The molecule has 0 unspecified atom stereocenters. The van der Waals surface area contributed by atoms with Crippen molar-refractivity contribution in [2.75, 3.05) is 6.54 Å². The van der Waals surface area contributed by atoms with Crippen LogP contribution in [0.15, 0.2) is 22.9 Å². The second-order valence-corrected chi connectivity index (χ2v) is 4.44. The van der Waals surface area contributed by atoms with Crippen LogP contribution in [0, 0.1) is 0 Å². The fourth-order valence-corrected chi connectivity index (χ4v) is 1.94. The van der Waals surface area contributed by atoms with E-state index >= 15 is 0 Å². The number of benzene rings is 1. The third-order valence-electron chi connectivity index (χ3n) is 2.32. The van der Waals surface area contributed by atoms with E-state index in [1.165, 1.54) is 18.5 Å². The van der Waals surface area contributed by atoms with Gasteiger partial charge in [-0.1, -0.05) is 0 Å². The Balaban J connectivity index is 2.54. The minimum absolute atomic E-state index is 0.112. The van der Waals surface area contributed by atoms with Gasteiger partial charge in [0.05, 0.1) is 9.99 Å². The van der Waals surface area contributed by atoms with Gasteiger partial charge in [0.25, 0.3) is 5.91 Å². The number of halogens is 1. The van der Waals surface area contributed by atoms with Crippen molar-refractivity contribution in [1.82, 2.24) is 15.3 Å². The van der Waals surface area contributed by atoms with Gasteiger partial charge in [-0.05, 0) is 22.0 Å². The van der Waals surface area contributed by atoms with Crippen molar-refractivity contribution in [2.45, 2.75) is 0 Å². The van der Waals surface area contributed by atoms with Gasteiger partial charge in [-0.2, -0.15) is 0 Å². The van der Waals surface area contributed by atoms with E-state index < -0.39 is 18.4 Å². The fraction of sp³-hybridized carbons (Fsp3) is 0.0909. The summed E-state index contributed by atoms with van der Waals surface area (Å²) in [4.78, 5) is 30.4. The highest BCUT2D eigenvalue weighted by atomic mass is 79.9. The van der Waals surface area contributed by atoms with Crippen molar-refractivity contribution in [3.05, 3.63) is 28.5 Å². The molecule has 98 valence electrons. The molecule has 2 rings (SSSR count). The zero-order valence-corrected chi connectivity index (χ0v) is 11.0. The van der Waals surface area contributed by atoms with Gasteiger partial charge in [0.15, 0.2) is 0 Å². The van der Waals surface area contributed by atoms with Gasteiger partial charge in [-0.3, -0.25) is 19.6 Å². The molecule has 0 fully saturated rings. The summed E-state index contributed by atoms with van der Waals surface area (Å²) in [5.41, 5.74) is 0.498. The van der Waals surface area contributed by atoms with Gasteiger partial charge in [0, 0.05) is 12.4 Å². The molecule has 0 bridgehead atoms. The van der Waals surface area contributed by atoms with E-state index in [0.29, 0.717) is 5.52 Å². The van der Waals surface area contributed by atoms with E-state index in [-0.39, 0.29) is 21.3 Å². The fourth-order valence-electron chi connectivity index (χ4n) is 1.53. The molecule has 2 aromatic rings. The third-order valence-corrected chi connectivity index (χ3v) is 2.92. The van der Waals surface area contributed by atoms with Gasteiger partial charge in [0.1, 0.15) is 23.4 Å². The SMILES string of the molecule is O=C(O)CNC(=O)c1c(O)c(Br)cc2nccnc12. The van der Waals surface area contributed by atoms with Crippen LogP contribution < -0.4 is 5.32 Å². The van der Waals surface area contributed by atoms with Crippen LogP contribution in [0.4, 0.5) is 0 Å². The number of amides is 1. The quantitative estimate of drug-likeness (QED) is 0.773. The van der Waals surface area contributed by atoms with Gasteiger partial charge in [-0.25, -0.2) is 0 Å². The van der Waals surface area contributed by atoms with Crippen LogP contribution in [0.1, 0.15) is 10.4 Å². The van der Waals surface area contributed by atoms with Gasteiger partial charge >= 0.3 is 5.97 Å². The summed E-state index contributed by atoms with van der Waals surface area (Å²) in [6.45, 7) is -0.549. The Morgan fingerprint density at radius 1 is 1.32 bits per heavy atom. The number of aromatic hydroxyl groups is 1. The molecule has 1 aromatic heterocycles. The molecule has 0 spiro atoms. The molecule has 0 saturated carbocycles. The van der Waals surface area contributed by atoms with E-state index in [2.05, 4.69) is 31.2 Å². The molecule has 0 saturated heterocycles. The van der Waals surface area contributed by atoms with Gasteiger partial charge in [0.2, 0.25) is 0 Å². The monoisotopic (exact) mass is 325 g/mol. The molecule has 8 heteroatoms. The van der Waals surface area contributed by atoms with Gasteiger partial charge < -0.3 is 15.5 Å². The molecule has 7 nitrogen and oxygen atoms in total. The molecule has 1 amide bonds. The molecule has 0 aliphatic heterocycles. The molecule has 0 aliphatic carbocycles. The first kappa shape index (κ1) is 13.2. The Labute approximate surface area is 115 Å². The second kappa shape index (κ2) is 5.19. The Kier molecular flexibility index (Phi) is 3.61. The molecule has 19 heavy (non-hydrogen) atoms. The van der Waals surface area contributed by atoms with Crippen molar-refractivity contribution in [2.24, 2.45) is 0 Å². The largest absolute Gasteiger partial charge is 0.506 e. The van der Waals surface area contributed by atoms with Gasteiger partial charge in [-0.15, -0.1) is 0 Å². The predicted molar refractivity (Wildman–Crippen MR) is 68.9 cm³/mol. The number of rotatable bonds is 3. The molecule has 1 heterocycles. The summed E-state index contributed by atoms with van der Waals surface area (Å²) >= 11 is 3.10. The summed E-state index contributed by atoms with van der Waals surface area (Å²) in [6.07, 6.45) is 2.83. The highest BCUT2D eigenvalue weighted by Crippen LogP contribution is 2.32. The summed E-state index contributed by atoms with van der Waals surface area (Å²) in [5.74, 6) is -2.22. The molecule has 0 atom stereocenters. The number of nitrogens with zero attached hydrogens (tertiary/aromatic N) is 2. The zero-order chi connectivity index (χ0) is 14.0. The van der Waals surface area contributed by atoms with E-state index in [1.54, 1.807) is 0 Å². The maximum Gasteiger partial charge on any atom is 0.322 e. The van der Waals surface area contributed by atoms with Crippen LogP contribution in [0.3, 0.4) is 0 Å².